The molecule has 5 heterocycles. The molecule has 1 saturated heterocycles. The molecule has 16 heteroatoms. The highest BCUT2D eigenvalue weighted by atomic mass is 32.1. The van der Waals surface area contributed by atoms with E-state index in [1.54, 1.807) is 4.68 Å². The fraction of sp³-hybridized carbons (Fsp3) is 0.357. The number of ether oxygens (including phenoxy) is 2. The predicted octanol–water partition coefficient (Wildman–Crippen LogP) is 10.2. The van der Waals surface area contributed by atoms with Gasteiger partial charge in [-0.3, -0.25) is 34.5 Å². The molecule has 3 aliphatic rings. The number of thiazole rings is 1. The topological polar surface area (TPSA) is 187 Å². The number of fused-ring (bicyclic) bond motifs is 3. The Morgan fingerprint density at radius 3 is 2.46 bits per heavy atom. The first kappa shape index (κ1) is 48.2. The van der Waals surface area contributed by atoms with Crippen LogP contribution in [0.15, 0.2) is 91.0 Å². The molecule has 2 fully saturated rings. The average molecular weight is 987 g/mol. The molecule has 0 bridgehead atoms. The van der Waals surface area contributed by atoms with E-state index in [1.807, 2.05) is 120 Å². The second-order valence-electron chi connectivity index (χ2n) is 20.1. The molecule has 3 N–H and O–H groups in total. The minimum absolute atomic E-state index is 0.000647. The Labute approximate surface area is 421 Å². The maximum Gasteiger partial charge on any atom is 0.358 e. The van der Waals surface area contributed by atoms with Gasteiger partial charge in [-0.05, 0) is 155 Å². The molecule has 0 radical (unpaired) electrons. The van der Waals surface area contributed by atoms with Gasteiger partial charge in [-0.25, -0.2) is 14.8 Å². The fourth-order valence-electron chi connectivity index (χ4n) is 10.3. The summed E-state index contributed by atoms with van der Waals surface area (Å²) in [4.78, 5) is 77.1. The van der Waals surface area contributed by atoms with Crippen molar-refractivity contribution in [2.75, 3.05) is 22.1 Å². The van der Waals surface area contributed by atoms with Crippen molar-refractivity contribution in [3.63, 3.8) is 0 Å². The largest absolute Gasteiger partial charge is 0.490 e. The van der Waals surface area contributed by atoms with Crippen LogP contribution in [0.25, 0.3) is 32.2 Å². The maximum atomic E-state index is 14.1. The minimum atomic E-state index is -0.758. The first-order chi connectivity index (χ1) is 34.6. The highest BCUT2D eigenvalue weighted by Crippen LogP contribution is 2.38. The highest BCUT2D eigenvalue weighted by Gasteiger charge is 2.33. The maximum absolute atomic E-state index is 14.1. The van der Waals surface area contributed by atoms with Crippen LogP contribution in [0.4, 0.5) is 16.6 Å². The van der Waals surface area contributed by atoms with Crippen molar-refractivity contribution in [2.45, 2.75) is 110 Å². The molecule has 2 aliphatic heterocycles. The third-order valence-electron chi connectivity index (χ3n) is 14.0. The third-order valence-corrected chi connectivity index (χ3v) is 15.0. The van der Waals surface area contributed by atoms with Crippen LogP contribution in [0.1, 0.15) is 121 Å². The zero-order chi connectivity index (χ0) is 50.3. The van der Waals surface area contributed by atoms with Crippen LogP contribution in [0.3, 0.4) is 0 Å². The number of hydrogen-bond donors (Lipinski definition) is 3. The van der Waals surface area contributed by atoms with Crippen molar-refractivity contribution >= 4 is 78.7 Å². The zero-order valence-corrected chi connectivity index (χ0v) is 42.0. The van der Waals surface area contributed by atoms with E-state index in [0.717, 1.165) is 81.2 Å². The van der Waals surface area contributed by atoms with Gasteiger partial charge in [0.2, 0.25) is 17.7 Å². The number of aryl methyl sites for hydroxylation is 1. The Balaban J connectivity index is 0.782. The van der Waals surface area contributed by atoms with Gasteiger partial charge in [0.15, 0.2) is 10.8 Å². The van der Waals surface area contributed by atoms with Gasteiger partial charge < -0.3 is 19.7 Å². The smallest absolute Gasteiger partial charge is 0.358 e. The summed E-state index contributed by atoms with van der Waals surface area (Å²) in [6.07, 6.45) is 6.13. The molecule has 370 valence electrons. The number of imide groups is 1. The zero-order valence-electron chi connectivity index (χ0n) is 41.2. The lowest BCUT2D eigenvalue weighted by Crippen LogP contribution is -2.39. The summed E-state index contributed by atoms with van der Waals surface area (Å²) in [5.74, 6) is -0.154. The standard InChI is InChI=1S/C56H58N8O7S/c1-32-37(11-9-14-45(32)70-36-20-16-33(17-21-36)18-26-48(65)57-35-19-22-40-44(30-35)63(5)62-50(40)41-24-27-49(66)60-53(41)68)38-23-25-47(59-51(38)54(69)71-56(2,3)4)64-29-28-34-10-8-12-39(42(34)31-64)52(67)61-55-58-43-13-6-7-15-46(43)72-55/h6-15,19,22-23,25,30,33,36,41H,16-18,20-21,24,26-29,31H2,1-5H3,(H,57,65)(H,58,61,67)(H,60,66,68)/t33-,36-,41?. The van der Waals surface area contributed by atoms with Crippen molar-refractivity contribution < 1.29 is 33.4 Å². The van der Waals surface area contributed by atoms with E-state index in [0.29, 0.717) is 71.7 Å². The number of para-hydroxylation sites is 1. The van der Waals surface area contributed by atoms with Crippen molar-refractivity contribution in [1.29, 1.82) is 0 Å². The number of rotatable bonds is 12. The molecule has 1 atom stereocenters. The van der Waals surface area contributed by atoms with Gasteiger partial charge in [0.1, 0.15) is 17.2 Å². The number of anilines is 3. The van der Waals surface area contributed by atoms with Crippen LogP contribution < -0.4 is 25.6 Å². The van der Waals surface area contributed by atoms with Crippen LogP contribution in [0.5, 0.6) is 5.75 Å². The van der Waals surface area contributed by atoms with E-state index < -0.39 is 17.5 Å². The minimum Gasteiger partial charge on any atom is -0.490 e. The molecule has 1 saturated carbocycles. The van der Waals surface area contributed by atoms with Crippen LogP contribution >= 0.6 is 11.3 Å². The van der Waals surface area contributed by atoms with Gasteiger partial charge in [-0.2, -0.15) is 5.10 Å². The number of benzene rings is 4. The van der Waals surface area contributed by atoms with E-state index in [2.05, 4.69) is 37.0 Å². The van der Waals surface area contributed by atoms with Crippen LogP contribution in [0, 0.1) is 12.8 Å². The number of amides is 4. The molecular weight excluding hydrogens is 929 g/mol. The molecule has 4 aromatic carbocycles. The lowest BCUT2D eigenvalue weighted by molar-refractivity contribution is -0.134. The molecule has 72 heavy (non-hydrogen) atoms. The highest BCUT2D eigenvalue weighted by molar-refractivity contribution is 7.22. The van der Waals surface area contributed by atoms with Gasteiger partial charge in [0.25, 0.3) is 5.91 Å². The number of nitrogens with zero attached hydrogens (tertiary/aromatic N) is 5. The quantitative estimate of drug-likeness (QED) is 0.0781. The van der Waals surface area contributed by atoms with Crippen molar-refractivity contribution in [2.24, 2.45) is 13.0 Å². The Kier molecular flexibility index (Phi) is 13.4. The number of pyridine rings is 1. The number of piperidine rings is 1. The Bertz CT molecular complexity index is 3240. The molecule has 1 aliphatic carbocycles. The average Bonchev–Trinajstić information content (AvgIpc) is 3.92. The predicted molar refractivity (Wildman–Crippen MR) is 278 cm³/mol. The molecular formula is C56H58N8O7S. The summed E-state index contributed by atoms with van der Waals surface area (Å²) in [6.45, 7) is 8.61. The summed E-state index contributed by atoms with van der Waals surface area (Å²) in [7, 11) is 1.81. The van der Waals surface area contributed by atoms with Crippen molar-refractivity contribution in [1.82, 2.24) is 25.1 Å². The van der Waals surface area contributed by atoms with Crippen molar-refractivity contribution in [3.05, 3.63) is 125 Å². The van der Waals surface area contributed by atoms with Gasteiger partial charge in [-0.1, -0.05) is 47.7 Å². The van der Waals surface area contributed by atoms with Gasteiger partial charge in [0.05, 0.1) is 33.4 Å². The summed E-state index contributed by atoms with van der Waals surface area (Å²) in [5.41, 5.74) is 7.32. The molecule has 7 aromatic rings. The lowest BCUT2D eigenvalue weighted by atomic mass is 9.84. The number of hydrogen-bond acceptors (Lipinski definition) is 12. The van der Waals surface area contributed by atoms with Crippen molar-refractivity contribution in [3.8, 4) is 16.9 Å². The number of esters is 1. The monoisotopic (exact) mass is 986 g/mol. The fourth-order valence-corrected chi connectivity index (χ4v) is 11.2. The first-order valence-corrected chi connectivity index (χ1v) is 25.6. The second kappa shape index (κ2) is 20.0. The molecule has 1 unspecified atom stereocenters. The van der Waals surface area contributed by atoms with E-state index in [1.165, 1.54) is 11.3 Å². The number of carbonyl (C=O) groups excluding carboxylic acids is 5. The van der Waals surface area contributed by atoms with E-state index in [4.69, 9.17) is 14.5 Å². The third kappa shape index (κ3) is 10.3. The normalized spacial score (nSPS) is 18.1. The molecule has 0 spiro atoms. The summed E-state index contributed by atoms with van der Waals surface area (Å²) in [5, 5.41) is 14.5. The van der Waals surface area contributed by atoms with E-state index in [-0.39, 0.29) is 41.8 Å². The Morgan fingerprint density at radius 2 is 1.67 bits per heavy atom. The molecule has 10 rings (SSSR count). The first-order valence-electron chi connectivity index (χ1n) is 24.8. The molecule has 4 amide bonds. The number of carbonyl (C=O) groups is 5. The van der Waals surface area contributed by atoms with Crippen LogP contribution in [0.2, 0.25) is 0 Å². The molecule has 3 aromatic heterocycles. The summed E-state index contributed by atoms with van der Waals surface area (Å²) >= 11 is 1.44. The second-order valence-corrected chi connectivity index (χ2v) is 21.2. The van der Waals surface area contributed by atoms with E-state index in [9.17, 15) is 24.0 Å². The Hall–Kier alpha value is -7.46. The Morgan fingerprint density at radius 1 is 0.861 bits per heavy atom. The van der Waals surface area contributed by atoms with Crippen LogP contribution in [-0.4, -0.2) is 67.6 Å². The van der Waals surface area contributed by atoms with E-state index >= 15 is 0 Å². The van der Waals surface area contributed by atoms with Crippen LogP contribution in [-0.2, 0) is 39.1 Å². The van der Waals surface area contributed by atoms with Gasteiger partial charge >= 0.3 is 5.97 Å². The summed E-state index contributed by atoms with van der Waals surface area (Å²) in [6, 6.07) is 29.0. The SMILES string of the molecule is Cc1c(O[C@H]2CC[C@H](CCC(=O)Nc3ccc4c(C5CCC(=O)NC5=O)nn(C)c4c3)CC2)cccc1-c1ccc(N2CCc3cccc(C(=O)Nc4nc5ccccc5s4)c3C2)nc1C(=O)OC(C)(C)C. The lowest BCUT2D eigenvalue weighted by Gasteiger charge is -2.31. The van der Waals surface area contributed by atoms with Gasteiger partial charge in [0, 0.05) is 55.2 Å². The number of aromatic nitrogens is 4. The van der Waals surface area contributed by atoms with Gasteiger partial charge in [-0.15, -0.1) is 0 Å². The molecule has 15 nitrogen and oxygen atoms in total. The number of nitrogens with one attached hydrogen (secondary N) is 3. The summed E-state index contributed by atoms with van der Waals surface area (Å²) < 4.78 is 15.4.